The third-order valence-electron chi connectivity index (χ3n) is 6.27. The first-order chi connectivity index (χ1) is 12.5. The van der Waals surface area contributed by atoms with E-state index in [9.17, 15) is 19.5 Å². The topological polar surface area (TPSA) is 104 Å². The highest BCUT2D eigenvalue weighted by atomic mass is 16.4. The number of hydrogen-bond donors (Lipinski definition) is 2. The van der Waals surface area contributed by atoms with Crippen molar-refractivity contribution in [3.05, 3.63) is 0 Å². The molecule has 3 aliphatic rings. The van der Waals surface area contributed by atoms with E-state index >= 15 is 0 Å². The van der Waals surface area contributed by atoms with Crippen LogP contribution in [0, 0.1) is 5.92 Å². The fourth-order valence-corrected chi connectivity index (χ4v) is 4.86. The van der Waals surface area contributed by atoms with E-state index in [0.29, 0.717) is 44.7 Å². The van der Waals surface area contributed by atoms with Gasteiger partial charge in [-0.1, -0.05) is 32.1 Å². The average molecular weight is 365 g/mol. The van der Waals surface area contributed by atoms with Gasteiger partial charge in [-0.2, -0.15) is 0 Å². The molecule has 1 saturated carbocycles. The molecule has 0 aromatic heterocycles. The third-order valence-corrected chi connectivity index (χ3v) is 6.27. The number of nitrogens with two attached hydrogens (primary N) is 1. The number of rotatable bonds is 5. The van der Waals surface area contributed by atoms with E-state index in [2.05, 4.69) is 0 Å². The number of nitrogens with zero attached hydrogens (tertiary/aromatic N) is 2. The molecular weight excluding hydrogens is 334 g/mol. The number of carbonyl (C=O) groups excluding carboxylic acids is 2. The zero-order valence-corrected chi connectivity index (χ0v) is 15.4. The molecule has 1 aliphatic carbocycles. The zero-order valence-electron chi connectivity index (χ0n) is 15.4. The van der Waals surface area contributed by atoms with Crippen LogP contribution in [-0.2, 0) is 14.4 Å². The van der Waals surface area contributed by atoms with Crippen molar-refractivity contribution in [2.24, 2.45) is 11.7 Å². The van der Waals surface area contributed by atoms with Crippen molar-refractivity contribution in [2.45, 2.75) is 82.3 Å². The Hall–Kier alpha value is -1.63. The van der Waals surface area contributed by atoms with Crippen LogP contribution in [0.15, 0.2) is 0 Å². The van der Waals surface area contributed by atoms with Crippen LogP contribution < -0.4 is 5.73 Å². The lowest BCUT2D eigenvalue weighted by Gasteiger charge is -2.32. The van der Waals surface area contributed by atoms with Gasteiger partial charge in [0.25, 0.3) is 0 Å². The summed E-state index contributed by atoms with van der Waals surface area (Å²) < 4.78 is 0. The maximum absolute atomic E-state index is 12.9. The maximum atomic E-state index is 12.9. The summed E-state index contributed by atoms with van der Waals surface area (Å²) >= 11 is 0. The Labute approximate surface area is 154 Å². The first-order valence-electron chi connectivity index (χ1n) is 10.1. The number of likely N-dealkylation sites (tertiary alicyclic amines) is 2. The van der Waals surface area contributed by atoms with Crippen LogP contribution in [0.25, 0.3) is 0 Å². The molecule has 0 bridgehead atoms. The van der Waals surface area contributed by atoms with Gasteiger partial charge in [-0.25, -0.2) is 4.79 Å². The van der Waals surface area contributed by atoms with Gasteiger partial charge in [-0.15, -0.1) is 0 Å². The minimum Gasteiger partial charge on any atom is -0.480 e. The first-order valence-corrected chi connectivity index (χ1v) is 10.1. The molecule has 0 aromatic carbocycles. The fourth-order valence-electron chi connectivity index (χ4n) is 4.86. The van der Waals surface area contributed by atoms with E-state index in [1.54, 1.807) is 4.90 Å². The van der Waals surface area contributed by atoms with Crippen molar-refractivity contribution >= 4 is 17.8 Å². The van der Waals surface area contributed by atoms with Crippen LogP contribution in [0.4, 0.5) is 0 Å². The minimum absolute atomic E-state index is 0.141. The molecule has 146 valence electrons. The maximum Gasteiger partial charge on any atom is 0.326 e. The molecule has 2 saturated heterocycles. The molecule has 0 aromatic rings. The van der Waals surface area contributed by atoms with Gasteiger partial charge in [0.2, 0.25) is 11.8 Å². The second-order valence-electron chi connectivity index (χ2n) is 8.06. The van der Waals surface area contributed by atoms with Crippen LogP contribution in [0.1, 0.15) is 64.2 Å². The van der Waals surface area contributed by atoms with Crippen LogP contribution in [0.2, 0.25) is 0 Å². The van der Waals surface area contributed by atoms with Gasteiger partial charge in [0.15, 0.2) is 0 Å². The summed E-state index contributed by atoms with van der Waals surface area (Å²) in [6.07, 6.45) is 9.21. The van der Waals surface area contributed by atoms with E-state index < -0.39 is 24.1 Å². The molecule has 2 aliphatic heterocycles. The van der Waals surface area contributed by atoms with E-state index in [4.69, 9.17) is 5.73 Å². The second kappa shape index (κ2) is 8.37. The van der Waals surface area contributed by atoms with Gasteiger partial charge in [-0.3, -0.25) is 9.59 Å². The van der Waals surface area contributed by atoms with E-state index in [0.717, 1.165) is 19.3 Å². The van der Waals surface area contributed by atoms with Crippen molar-refractivity contribution in [3.8, 4) is 0 Å². The van der Waals surface area contributed by atoms with E-state index in [1.165, 1.54) is 24.2 Å². The van der Waals surface area contributed by atoms with Gasteiger partial charge < -0.3 is 20.6 Å². The van der Waals surface area contributed by atoms with Crippen LogP contribution in [-0.4, -0.2) is 63.9 Å². The minimum atomic E-state index is -0.958. The highest BCUT2D eigenvalue weighted by Crippen LogP contribution is 2.29. The fraction of sp³-hybridized carbons (Fsp3) is 0.842. The Morgan fingerprint density at radius 3 is 2.15 bits per heavy atom. The number of carboxylic acid groups (broad SMARTS) is 1. The van der Waals surface area contributed by atoms with Crippen molar-refractivity contribution in [1.82, 2.24) is 9.80 Å². The smallest absolute Gasteiger partial charge is 0.326 e. The van der Waals surface area contributed by atoms with Crippen molar-refractivity contribution in [2.75, 3.05) is 13.1 Å². The summed E-state index contributed by atoms with van der Waals surface area (Å²) in [4.78, 5) is 40.2. The monoisotopic (exact) mass is 365 g/mol. The lowest BCUT2D eigenvalue weighted by Crippen LogP contribution is -2.54. The van der Waals surface area contributed by atoms with Gasteiger partial charge in [0.1, 0.15) is 12.1 Å². The number of carbonyl (C=O) groups is 3. The number of amides is 2. The van der Waals surface area contributed by atoms with Crippen LogP contribution >= 0.6 is 0 Å². The molecule has 7 heteroatoms. The number of carboxylic acids is 1. The molecule has 2 heterocycles. The Kier molecular flexibility index (Phi) is 6.16. The van der Waals surface area contributed by atoms with Crippen molar-refractivity contribution in [3.63, 3.8) is 0 Å². The summed E-state index contributed by atoms with van der Waals surface area (Å²) in [7, 11) is 0. The normalized spacial score (nSPS) is 28.3. The molecule has 3 N–H and O–H groups in total. The summed E-state index contributed by atoms with van der Waals surface area (Å²) in [6.45, 7) is 1.00. The van der Waals surface area contributed by atoms with E-state index in [-0.39, 0.29) is 11.8 Å². The van der Waals surface area contributed by atoms with Gasteiger partial charge in [-0.05, 0) is 38.0 Å². The molecule has 2 amide bonds. The SMILES string of the molecule is N[C@@H](CC1CCCCC1)C(=O)N1CCC[C@H]1C(=O)N1CCC[C@H]1C(=O)O. The van der Waals surface area contributed by atoms with Crippen LogP contribution in [0.3, 0.4) is 0 Å². The zero-order chi connectivity index (χ0) is 18.7. The molecule has 0 spiro atoms. The highest BCUT2D eigenvalue weighted by Gasteiger charge is 2.43. The Morgan fingerprint density at radius 1 is 0.885 bits per heavy atom. The van der Waals surface area contributed by atoms with Gasteiger partial charge >= 0.3 is 5.97 Å². The molecule has 0 radical (unpaired) electrons. The van der Waals surface area contributed by atoms with Crippen molar-refractivity contribution in [1.29, 1.82) is 0 Å². The highest BCUT2D eigenvalue weighted by molar-refractivity contribution is 5.92. The standard InChI is InChI=1S/C19H31N3O4/c20-14(12-13-6-2-1-3-7-13)17(23)21-10-4-8-15(21)18(24)22-11-5-9-16(22)19(25)26/h13-16H,1-12,20H2,(H,25,26)/t14-,15-,16-/m0/s1. The third kappa shape index (κ3) is 4.03. The van der Waals surface area contributed by atoms with Gasteiger partial charge in [0.05, 0.1) is 6.04 Å². The molecule has 3 fully saturated rings. The molecule has 3 atom stereocenters. The molecule has 7 nitrogen and oxygen atoms in total. The number of hydrogen-bond acceptors (Lipinski definition) is 4. The van der Waals surface area contributed by atoms with Crippen molar-refractivity contribution < 1.29 is 19.5 Å². The van der Waals surface area contributed by atoms with Crippen LogP contribution in [0.5, 0.6) is 0 Å². The summed E-state index contributed by atoms with van der Waals surface area (Å²) in [6, 6.07) is -1.85. The lowest BCUT2D eigenvalue weighted by atomic mass is 9.84. The lowest BCUT2D eigenvalue weighted by molar-refractivity contribution is -0.152. The molecular formula is C19H31N3O4. The van der Waals surface area contributed by atoms with E-state index in [1.807, 2.05) is 0 Å². The predicted octanol–water partition coefficient (Wildman–Crippen LogP) is 1.35. The molecule has 26 heavy (non-hydrogen) atoms. The summed E-state index contributed by atoms with van der Waals surface area (Å²) in [5.41, 5.74) is 6.21. The Bertz CT molecular complexity index is 547. The largest absolute Gasteiger partial charge is 0.480 e. The van der Waals surface area contributed by atoms with Gasteiger partial charge in [0, 0.05) is 13.1 Å². The second-order valence-corrected chi connectivity index (χ2v) is 8.06. The Morgan fingerprint density at radius 2 is 1.50 bits per heavy atom. The quantitative estimate of drug-likeness (QED) is 0.765. The molecule has 0 unspecified atom stereocenters. The Balaban J connectivity index is 1.62. The first kappa shape index (κ1) is 19.1. The summed E-state index contributed by atoms with van der Waals surface area (Å²) in [5, 5.41) is 9.33. The predicted molar refractivity (Wildman–Crippen MR) is 96.3 cm³/mol. The average Bonchev–Trinajstić information content (AvgIpc) is 3.30. The number of aliphatic carboxylic acids is 1. The molecule has 3 rings (SSSR count). The summed E-state index contributed by atoms with van der Waals surface area (Å²) in [5.74, 6) is -0.807.